The predicted molar refractivity (Wildman–Crippen MR) is 97.2 cm³/mol. The summed E-state index contributed by atoms with van der Waals surface area (Å²) in [5, 5.41) is 19.2. The van der Waals surface area contributed by atoms with Crippen molar-refractivity contribution < 1.29 is 14.5 Å². The molecule has 1 heterocycles. The zero-order chi connectivity index (χ0) is 18.8. The summed E-state index contributed by atoms with van der Waals surface area (Å²) in [6.07, 6.45) is 0.328. The predicted octanol–water partition coefficient (Wildman–Crippen LogP) is 3.28. The lowest BCUT2D eigenvalue weighted by molar-refractivity contribution is -0.385. The number of benzene rings is 2. The van der Waals surface area contributed by atoms with Crippen LogP contribution in [0, 0.1) is 17.0 Å². The van der Waals surface area contributed by atoms with E-state index in [4.69, 9.17) is 0 Å². The maximum Gasteiger partial charge on any atom is 0.319 e. The summed E-state index contributed by atoms with van der Waals surface area (Å²) in [6, 6.07) is 9.31. The number of carbonyl (C=O) groups is 2. The van der Waals surface area contributed by atoms with Crippen molar-refractivity contribution in [3.8, 4) is 0 Å². The third-order valence-corrected chi connectivity index (χ3v) is 4.35. The van der Waals surface area contributed by atoms with E-state index in [9.17, 15) is 19.7 Å². The van der Waals surface area contributed by atoms with Crippen LogP contribution in [0.25, 0.3) is 0 Å². The van der Waals surface area contributed by atoms with Gasteiger partial charge in [0.1, 0.15) is 0 Å². The molecule has 0 spiro atoms. The van der Waals surface area contributed by atoms with Crippen LogP contribution in [-0.2, 0) is 11.2 Å². The SMILES string of the molecule is Cc1c(NC(=O)NC(C)c2ccc3c(c2)CC(=O)N3)cccc1[N+](=O)[O-]. The monoisotopic (exact) mass is 354 g/mol. The second-order valence-electron chi connectivity index (χ2n) is 6.17. The molecular weight excluding hydrogens is 336 g/mol. The van der Waals surface area contributed by atoms with E-state index in [1.54, 1.807) is 13.0 Å². The molecule has 0 bridgehead atoms. The van der Waals surface area contributed by atoms with Gasteiger partial charge in [-0.05, 0) is 37.1 Å². The highest BCUT2D eigenvalue weighted by Crippen LogP contribution is 2.27. The molecule has 3 rings (SSSR count). The third kappa shape index (κ3) is 3.49. The van der Waals surface area contributed by atoms with Crippen LogP contribution >= 0.6 is 0 Å². The van der Waals surface area contributed by atoms with Crippen molar-refractivity contribution in [2.75, 3.05) is 10.6 Å². The fourth-order valence-electron chi connectivity index (χ4n) is 2.91. The maximum absolute atomic E-state index is 12.3. The summed E-state index contributed by atoms with van der Waals surface area (Å²) in [4.78, 5) is 34.2. The summed E-state index contributed by atoms with van der Waals surface area (Å²) in [5.41, 5.74) is 3.28. The molecule has 0 aliphatic carbocycles. The molecule has 1 aliphatic rings. The van der Waals surface area contributed by atoms with Gasteiger partial charge in [0.2, 0.25) is 5.91 Å². The van der Waals surface area contributed by atoms with Crippen molar-refractivity contribution in [2.45, 2.75) is 26.3 Å². The summed E-state index contributed by atoms with van der Waals surface area (Å²) < 4.78 is 0. The van der Waals surface area contributed by atoms with E-state index in [2.05, 4.69) is 16.0 Å². The topological polar surface area (TPSA) is 113 Å². The Labute approximate surface area is 149 Å². The molecule has 0 radical (unpaired) electrons. The minimum absolute atomic E-state index is 0.0448. The van der Waals surface area contributed by atoms with Gasteiger partial charge in [-0.15, -0.1) is 0 Å². The Balaban J connectivity index is 1.69. The minimum Gasteiger partial charge on any atom is -0.331 e. The van der Waals surface area contributed by atoms with Gasteiger partial charge in [-0.25, -0.2) is 4.79 Å². The van der Waals surface area contributed by atoms with Gasteiger partial charge in [0.25, 0.3) is 5.69 Å². The maximum atomic E-state index is 12.3. The number of urea groups is 1. The number of nitro groups is 1. The van der Waals surface area contributed by atoms with Gasteiger partial charge < -0.3 is 16.0 Å². The second kappa shape index (κ2) is 6.83. The largest absolute Gasteiger partial charge is 0.331 e. The normalized spacial score (nSPS) is 13.5. The Kier molecular flexibility index (Phi) is 4.57. The molecule has 8 nitrogen and oxygen atoms in total. The van der Waals surface area contributed by atoms with Crippen molar-refractivity contribution in [1.82, 2.24) is 5.32 Å². The van der Waals surface area contributed by atoms with Gasteiger partial charge in [-0.3, -0.25) is 14.9 Å². The first-order valence-corrected chi connectivity index (χ1v) is 8.09. The summed E-state index contributed by atoms with van der Waals surface area (Å²) in [5.74, 6) is -0.0448. The van der Waals surface area contributed by atoms with E-state index >= 15 is 0 Å². The molecule has 0 fully saturated rings. The molecule has 2 aromatic rings. The van der Waals surface area contributed by atoms with Crippen molar-refractivity contribution in [2.24, 2.45) is 0 Å². The Hall–Kier alpha value is -3.42. The number of hydrogen-bond donors (Lipinski definition) is 3. The molecule has 1 atom stereocenters. The summed E-state index contributed by atoms with van der Waals surface area (Å²) >= 11 is 0. The van der Waals surface area contributed by atoms with E-state index in [-0.39, 0.29) is 17.6 Å². The van der Waals surface area contributed by atoms with Crippen LogP contribution < -0.4 is 16.0 Å². The smallest absolute Gasteiger partial charge is 0.319 e. The molecule has 2 aromatic carbocycles. The molecule has 0 saturated carbocycles. The number of anilines is 2. The number of amides is 3. The van der Waals surface area contributed by atoms with Crippen LogP contribution in [0.4, 0.5) is 21.9 Å². The lowest BCUT2D eigenvalue weighted by Gasteiger charge is -2.16. The molecule has 134 valence electrons. The van der Waals surface area contributed by atoms with Crippen LogP contribution in [0.3, 0.4) is 0 Å². The Morgan fingerprint density at radius 1 is 1.31 bits per heavy atom. The first-order valence-electron chi connectivity index (χ1n) is 8.09. The summed E-state index contributed by atoms with van der Waals surface area (Å²) in [6.45, 7) is 3.41. The number of fused-ring (bicyclic) bond motifs is 1. The third-order valence-electron chi connectivity index (χ3n) is 4.35. The number of carbonyl (C=O) groups excluding carboxylic acids is 2. The van der Waals surface area contributed by atoms with Crippen LogP contribution in [-0.4, -0.2) is 16.9 Å². The molecule has 3 amide bonds. The molecule has 26 heavy (non-hydrogen) atoms. The first kappa shape index (κ1) is 17.4. The van der Waals surface area contributed by atoms with Crippen molar-refractivity contribution >= 4 is 29.0 Å². The van der Waals surface area contributed by atoms with Crippen LogP contribution in [0.5, 0.6) is 0 Å². The molecule has 0 saturated heterocycles. The molecule has 3 N–H and O–H groups in total. The van der Waals surface area contributed by atoms with Crippen LogP contribution in [0.15, 0.2) is 36.4 Å². The Morgan fingerprint density at radius 3 is 2.81 bits per heavy atom. The van der Waals surface area contributed by atoms with Crippen molar-refractivity contribution in [3.05, 3.63) is 63.2 Å². The standard InChI is InChI=1S/C18H18N4O4/c1-10-14(4-3-5-16(10)22(25)26)21-18(24)19-11(2)12-6-7-15-13(8-12)9-17(23)20-15/h3-8,11H,9H2,1-2H3,(H,20,23)(H2,19,21,24). The number of nitro benzene ring substituents is 1. The van der Waals surface area contributed by atoms with E-state index in [0.29, 0.717) is 17.7 Å². The Morgan fingerprint density at radius 2 is 2.08 bits per heavy atom. The fraction of sp³-hybridized carbons (Fsp3) is 0.222. The van der Waals surface area contributed by atoms with Gasteiger partial charge in [0.15, 0.2) is 0 Å². The zero-order valence-corrected chi connectivity index (χ0v) is 14.3. The minimum atomic E-state index is -0.485. The lowest BCUT2D eigenvalue weighted by Crippen LogP contribution is -2.31. The highest BCUT2D eigenvalue weighted by molar-refractivity contribution is 5.99. The van der Waals surface area contributed by atoms with E-state index in [1.165, 1.54) is 12.1 Å². The van der Waals surface area contributed by atoms with E-state index in [0.717, 1.165) is 16.8 Å². The van der Waals surface area contributed by atoms with E-state index < -0.39 is 11.0 Å². The van der Waals surface area contributed by atoms with Crippen LogP contribution in [0.2, 0.25) is 0 Å². The molecular formula is C18H18N4O4. The van der Waals surface area contributed by atoms with Gasteiger partial charge in [-0.2, -0.15) is 0 Å². The molecule has 8 heteroatoms. The van der Waals surface area contributed by atoms with Crippen molar-refractivity contribution in [1.29, 1.82) is 0 Å². The number of rotatable bonds is 4. The Bertz CT molecular complexity index is 910. The highest BCUT2D eigenvalue weighted by atomic mass is 16.6. The van der Waals surface area contributed by atoms with Crippen LogP contribution in [0.1, 0.15) is 29.7 Å². The second-order valence-corrected chi connectivity index (χ2v) is 6.17. The first-order chi connectivity index (χ1) is 12.3. The van der Waals surface area contributed by atoms with Gasteiger partial charge >= 0.3 is 6.03 Å². The summed E-state index contributed by atoms with van der Waals surface area (Å²) in [7, 11) is 0. The van der Waals surface area contributed by atoms with E-state index in [1.807, 2.05) is 25.1 Å². The molecule has 1 unspecified atom stereocenters. The molecule has 0 aromatic heterocycles. The van der Waals surface area contributed by atoms with Crippen molar-refractivity contribution in [3.63, 3.8) is 0 Å². The average Bonchev–Trinajstić information content (AvgIpc) is 2.95. The van der Waals surface area contributed by atoms with Gasteiger partial charge in [0, 0.05) is 11.8 Å². The zero-order valence-electron chi connectivity index (χ0n) is 14.3. The molecule has 1 aliphatic heterocycles. The van der Waals surface area contributed by atoms with Gasteiger partial charge in [-0.1, -0.05) is 18.2 Å². The fourth-order valence-corrected chi connectivity index (χ4v) is 2.91. The highest BCUT2D eigenvalue weighted by Gasteiger charge is 2.20. The number of nitrogens with zero attached hydrogens (tertiary/aromatic N) is 1. The quantitative estimate of drug-likeness (QED) is 0.577. The van der Waals surface area contributed by atoms with Gasteiger partial charge in [0.05, 0.1) is 28.6 Å². The number of nitrogens with one attached hydrogen (secondary N) is 3. The number of hydrogen-bond acceptors (Lipinski definition) is 4. The lowest BCUT2D eigenvalue weighted by atomic mass is 10.0. The average molecular weight is 354 g/mol.